The van der Waals surface area contributed by atoms with E-state index in [0.717, 1.165) is 17.3 Å². The summed E-state index contributed by atoms with van der Waals surface area (Å²) in [5.41, 5.74) is 1.83. The number of nitrogens with zero attached hydrogens (tertiary/aromatic N) is 1. The Morgan fingerprint density at radius 1 is 1.08 bits per heavy atom. The van der Waals surface area contributed by atoms with Crippen molar-refractivity contribution < 1.29 is 18.7 Å². The molecule has 3 aromatic carbocycles. The van der Waals surface area contributed by atoms with Gasteiger partial charge in [-0.2, -0.15) is 0 Å². The molecule has 0 saturated heterocycles. The first-order valence-electron chi connectivity index (χ1n) is 11.5. The average molecular weight is 567 g/mol. The van der Waals surface area contributed by atoms with Gasteiger partial charge in [-0.05, 0) is 66.6 Å². The van der Waals surface area contributed by atoms with Gasteiger partial charge >= 0.3 is 5.97 Å². The minimum absolute atomic E-state index is 0.0113. The molecular weight excluding hydrogens is 546 g/mol. The first-order chi connectivity index (χ1) is 17.4. The summed E-state index contributed by atoms with van der Waals surface area (Å²) in [5.74, 6) is -0.885. The first-order valence-corrected chi connectivity index (χ1v) is 12.7. The number of carbonyl (C=O) groups is 2. The summed E-state index contributed by atoms with van der Waals surface area (Å²) in [5, 5.41) is 0.849. The van der Waals surface area contributed by atoms with Crippen molar-refractivity contribution in [2.45, 2.75) is 25.8 Å². The summed E-state index contributed by atoms with van der Waals surface area (Å²) in [6.07, 6.45) is 1.71. The lowest BCUT2D eigenvalue weighted by atomic mass is 9.98. The largest absolute Gasteiger partial charge is 0.462 e. The third kappa shape index (κ3) is 4.33. The fourth-order valence-electron chi connectivity index (χ4n) is 4.35. The highest BCUT2D eigenvalue weighted by molar-refractivity contribution is 9.10. The second-order valence-electron chi connectivity index (χ2n) is 8.48. The summed E-state index contributed by atoms with van der Waals surface area (Å²) in [6.45, 7) is 2.37. The zero-order valence-electron chi connectivity index (χ0n) is 19.3. The van der Waals surface area contributed by atoms with E-state index in [-0.39, 0.29) is 16.8 Å². The molecular formula is C28H21BrClNO5. The van der Waals surface area contributed by atoms with Gasteiger partial charge in [0.2, 0.25) is 5.76 Å². The molecule has 0 aliphatic carbocycles. The van der Waals surface area contributed by atoms with E-state index in [4.69, 9.17) is 20.8 Å². The maximum absolute atomic E-state index is 13.7. The lowest BCUT2D eigenvalue weighted by Crippen LogP contribution is -2.29. The second kappa shape index (κ2) is 9.91. The number of amides is 1. The minimum atomic E-state index is -0.756. The molecule has 0 saturated carbocycles. The first kappa shape index (κ1) is 24.3. The number of hydrogen-bond donors (Lipinski definition) is 0. The van der Waals surface area contributed by atoms with E-state index < -0.39 is 17.9 Å². The Kier molecular flexibility index (Phi) is 6.69. The fraction of sp³-hybridized carbons (Fsp3) is 0.179. The van der Waals surface area contributed by atoms with E-state index in [0.29, 0.717) is 39.4 Å². The highest BCUT2D eigenvalue weighted by Gasteiger charge is 2.43. The maximum atomic E-state index is 13.7. The van der Waals surface area contributed by atoms with Crippen LogP contribution in [0.5, 0.6) is 0 Å². The van der Waals surface area contributed by atoms with Gasteiger partial charge in [-0.3, -0.25) is 14.5 Å². The van der Waals surface area contributed by atoms with Crippen molar-refractivity contribution in [2.75, 3.05) is 11.5 Å². The molecule has 5 rings (SSSR count). The number of esters is 1. The van der Waals surface area contributed by atoms with Gasteiger partial charge < -0.3 is 9.15 Å². The fourth-order valence-corrected chi connectivity index (χ4v) is 4.91. The lowest BCUT2D eigenvalue weighted by Gasteiger charge is -2.25. The van der Waals surface area contributed by atoms with Gasteiger partial charge in [0.25, 0.3) is 5.91 Å². The van der Waals surface area contributed by atoms with Crippen LogP contribution in [0, 0.1) is 0 Å². The summed E-state index contributed by atoms with van der Waals surface area (Å²) >= 11 is 9.68. The summed E-state index contributed by atoms with van der Waals surface area (Å²) in [6, 6.07) is 17.9. The number of benzene rings is 3. The molecule has 8 heteroatoms. The number of fused-ring (bicyclic) bond motifs is 2. The number of halogens is 2. The Morgan fingerprint density at radius 2 is 1.86 bits per heavy atom. The van der Waals surface area contributed by atoms with Crippen LogP contribution in [0.3, 0.4) is 0 Å². The highest BCUT2D eigenvalue weighted by atomic mass is 79.9. The highest BCUT2D eigenvalue weighted by Crippen LogP contribution is 2.42. The van der Waals surface area contributed by atoms with E-state index in [9.17, 15) is 14.4 Å². The van der Waals surface area contributed by atoms with Crippen LogP contribution < -0.4 is 10.3 Å². The molecule has 1 aliphatic heterocycles. The van der Waals surface area contributed by atoms with Gasteiger partial charge in [-0.25, -0.2) is 4.79 Å². The Bertz CT molecular complexity index is 1550. The normalized spacial score (nSPS) is 14.8. The van der Waals surface area contributed by atoms with E-state index >= 15 is 0 Å². The molecule has 1 aromatic heterocycles. The number of unbranched alkanes of at least 4 members (excludes halogenated alkanes) is 1. The number of rotatable bonds is 6. The zero-order chi connectivity index (χ0) is 25.4. The van der Waals surface area contributed by atoms with Crippen LogP contribution in [0.15, 0.2) is 80.4 Å². The van der Waals surface area contributed by atoms with Gasteiger partial charge in [0.05, 0.1) is 29.2 Å². The van der Waals surface area contributed by atoms with Gasteiger partial charge in [0, 0.05) is 15.2 Å². The number of carbonyl (C=O) groups excluding carboxylic acids is 2. The van der Waals surface area contributed by atoms with Crippen molar-refractivity contribution in [3.05, 3.63) is 109 Å². The van der Waals surface area contributed by atoms with Crippen LogP contribution >= 0.6 is 27.5 Å². The minimum Gasteiger partial charge on any atom is -0.462 e. The quantitative estimate of drug-likeness (QED) is 0.187. The number of anilines is 1. The molecule has 0 radical (unpaired) electrons. The molecule has 4 aromatic rings. The van der Waals surface area contributed by atoms with E-state index in [1.54, 1.807) is 60.7 Å². The van der Waals surface area contributed by atoms with Crippen LogP contribution in [0.1, 0.15) is 57.8 Å². The topological polar surface area (TPSA) is 76.8 Å². The third-order valence-electron chi connectivity index (χ3n) is 6.11. The average Bonchev–Trinajstić information content (AvgIpc) is 3.17. The number of hydrogen-bond acceptors (Lipinski definition) is 5. The molecule has 182 valence electrons. The van der Waals surface area contributed by atoms with Gasteiger partial charge in [0.1, 0.15) is 5.58 Å². The second-order valence-corrected chi connectivity index (χ2v) is 9.84. The number of ether oxygens (including phenoxy) is 1. The standard InChI is InChI=1S/C28H21BrClNO5/c1-2-3-13-35-28(34)16-7-10-20(11-8-16)31-24(17-5-4-6-19(30)14-17)23-25(32)21-15-18(29)9-12-22(21)36-26(23)27(31)33/h4-12,14-15,24H,2-3,13H2,1H3. The predicted octanol–water partition coefficient (Wildman–Crippen LogP) is 6.92. The molecule has 2 heterocycles. The van der Waals surface area contributed by atoms with Gasteiger partial charge in [0.15, 0.2) is 5.43 Å². The van der Waals surface area contributed by atoms with E-state index in [2.05, 4.69) is 15.9 Å². The van der Waals surface area contributed by atoms with Crippen molar-refractivity contribution in [3.8, 4) is 0 Å². The van der Waals surface area contributed by atoms with Gasteiger partial charge in [-0.15, -0.1) is 0 Å². The molecule has 0 fully saturated rings. The summed E-state index contributed by atoms with van der Waals surface area (Å²) < 4.78 is 12.0. The Morgan fingerprint density at radius 3 is 2.58 bits per heavy atom. The van der Waals surface area contributed by atoms with Crippen molar-refractivity contribution in [1.82, 2.24) is 0 Å². The van der Waals surface area contributed by atoms with Crippen molar-refractivity contribution in [2.24, 2.45) is 0 Å². The molecule has 1 amide bonds. The van der Waals surface area contributed by atoms with Gasteiger partial charge in [-0.1, -0.05) is 53.0 Å². The zero-order valence-corrected chi connectivity index (χ0v) is 21.6. The molecule has 36 heavy (non-hydrogen) atoms. The molecule has 1 unspecified atom stereocenters. The van der Waals surface area contributed by atoms with Crippen LogP contribution in [0.25, 0.3) is 11.0 Å². The molecule has 0 N–H and O–H groups in total. The van der Waals surface area contributed by atoms with Crippen molar-refractivity contribution in [3.63, 3.8) is 0 Å². The SMILES string of the molecule is CCCCOC(=O)c1ccc(N2C(=O)c3oc4ccc(Br)cc4c(=O)c3C2c2cccc(Cl)c2)cc1. The van der Waals surface area contributed by atoms with Crippen LogP contribution in [0.2, 0.25) is 5.02 Å². The Labute approximate surface area is 220 Å². The van der Waals surface area contributed by atoms with Crippen LogP contribution in [0.4, 0.5) is 5.69 Å². The lowest BCUT2D eigenvalue weighted by molar-refractivity contribution is 0.0499. The van der Waals surface area contributed by atoms with Crippen LogP contribution in [-0.4, -0.2) is 18.5 Å². The van der Waals surface area contributed by atoms with E-state index in [1.165, 1.54) is 4.90 Å². The maximum Gasteiger partial charge on any atom is 0.338 e. The van der Waals surface area contributed by atoms with E-state index in [1.807, 2.05) is 13.0 Å². The Balaban J connectivity index is 1.63. The third-order valence-corrected chi connectivity index (χ3v) is 6.84. The van der Waals surface area contributed by atoms with Crippen LogP contribution in [-0.2, 0) is 4.74 Å². The monoisotopic (exact) mass is 565 g/mol. The van der Waals surface area contributed by atoms with Crippen molar-refractivity contribution in [1.29, 1.82) is 0 Å². The molecule has 0 bridgehead atoms. The molecule has 1 atom stereocenters. The molecule has 0 spiro atoms. The van der Waals surface area contributed by atoms with Crippen molar-refractivity contribution >= 4 is 56.1 Å². The summed E-state index contributed by atoms with van der Waals surface area (Å²) in [4.78, 5) is 41.2. The Hall–Kier alpha value is -3.42. The molecule has 6 nitrogen and oxygen atoms in total. The molecule has 1 aliphatic rings. The predicted molar refractivity (Wildman–Crippen MR) is 142 cm³/mol. The summed E-state index contributed by atoms with van der Waals surface area (Å²) in [7, 11) is 0. The smallest absolute Gasteiger partial charge is 0.338 e.